The lowest BCUT2D eigenvalue weighted by Gasteiger charge is -2.38. The number of carbonyl (C=O) groups excluding carboxylic acids is 2. The largest absolute Gasteiger partial charge is 0.450 e. The minimum absolute atomic E-state index is 0.0465. The summed E-state index contributed by atoms with van der Waals surface area (Å²) in [5.74, 6) is -0.312. The van der Waals surface area contributed by atoms with Crippen LogP contribution in [0.15, 0.2) is 48.5 Å². The van der Waals surface area contributed by atoms with Crippen LogP contribution >= 0.6 is 11.6 Å². The number of hydrogen-bond acceptors (Lipinski definition) is 3. The van der Waals surface area contributed by atoms with Crippen LogP contribution in [0.4, 0.5) is 0 Å². The highest BCUT2D eigenvalue weighted by molar-refractivity contribution is 6.31. The number of nitrogens with one attached hydrogen (secondary N) is 1. The lowest BCUT2D eigenvalue weighted by molar-refractivity contribution is -0.0390. The van der Waals surface area contributed by atoms with E-state index in [0.29, 0.717) is 42.2 Å². The van der Waals surface area contributed by atoms with Crippen molar-refractivity contribution in [1.29, 1.82) is 0 Å². The van der Waals surface area contributed by atoms with Crippen molar-refractivity contribution in [3.8, 4) is 0 Å². The van der Waals surface area contributed by atoms with E-state index in [2.05, 4.69) is 4.98 Å². The van der Waals surface area contributed by atoms with Gasteiger partial charge in [-0.1, -0.05) is 29.8 Å². The van der Waals surface area contributed by atoms with Crippen molar-refractivity contribution in [2.24, 2.45) is 0 Å². The van der Waals surface area contributed by atoms with Crippen LogP contribution < -0.4 is 0 Å². The molecular formula is C21H17ClN2O3. The number of aromatic nitrogens is 1. The number of amides is 1. The predicted molar refractivity (Wildman–Crippen MR) is 102 cm³/mol. The van der Waals surface area contributed by atoms with E-state index >= 15 is 0 Å². The Morgan fingerprint density at radius 3 is 2.70 bits per heavy atom. The van der Waals surface area contributed by atoms with E-state index in [0.717, 1.165) is 16.5 Å². The number of rotatable bonds is 1. The summed E-state index contributed by atoms with van der Waals surface area (Å²) in [6.07, 6.45) is 1.21. The van der Waals surface area contributed by atoms with E-state index in [1.165, 1.54) is 0 Å². The molecule has 0 atom stereocenters. The number of benzene rings is 2. The molecule has 136 valence electrons. The van der Waals surface area contributed by atoms with Crippen molar-refractivity contribution in [2.75, 3.05) is 13.1 Å². The molecule has 5 nitrogen and oxygen atoms in total. The molecule has 0 saturated carbocycles. The fourth-order valence-electron chi connectivity index (χ4n) is 4.18. The standard InChI is InChI=1S/C21H17ClN2O3/c22-14-5-6-17-13(11-14)12-18(23-17)19(25)24-9-7-21(8-10-24)16-4-2-1-3-15(16)20(26)27-21/h1-6,11-12,23H,7-10H2. The summed E-state index contributed by atoms with van der Waals surface area (Å²) in [6, 6.07) is 14.9. The van der Waals surface area contributed by atoms with Crippen molar-refractivity contribution in [3.63, 3.8) is 0 Å². The molecule has 1 amide bonds. The first-order valence-electron chi connectivity index (χ1n) is 8.96. The van der Waals surface area contributed by atoms with Crippen molar-refractivity contribution in [1.82, 2.24) is 9.88 Å². The number of aromatic amines is 1. The Balaban J connectivity index is 1.37. The van der Waals surface area contributed by atoms with E-state index in [1.807, 2.05) is 41.3 Å². The molecule has 1 spiro atoms. The fourth-order valence-corrected chi connectivity index (χ4v) is 4.36. The van der Waals surface area contributed by atoms with Gasteiger partial charge in [0.2, 0.25) is 0 Å². The highest BCUT2D eigenvalue weighted by Crippen LogP contribution is 2.44. The summed E-state index contributed by atoms with van der Waals surface area (Å²) in [4.78, 5) is 30.1. The molecule has 5 rings (SSSR count). The van der Waals surface area contributed by atoms with Crippen LogP contribution in [-0.4, -0.2) is 34.8 Å². The van der Waals surface area contributed by atoms with Gasteiger partial charge >= 0.3 is 5.97 Å². The number of hydrogen-bond donors (Lipinski definition) is 1. The second-order valence-electron chi connectivity index (χ2n) is 7.14. The number of carbonyl (C=O) groups is 2. The molecule has 0 radical (unpaired) electrons. The second kappa shape index (κ2) is 5.86. The molecule has 3 heterocycles. The third-order valence-corrected chi connectivity index (χ3v) is 5.83. The van der Waals surface area contributed by atoms with E-state index in [-0.39, 0.29) is 11.9 Å². The number of nitrogens with zero attached hydrogens (tertiary/aromatic N) is 1. The summed E-state index contributed by atoms with van der Waals surface area (Å²) in [7, 11) is 0. The van der Waals surface area contributed by atoms with Gasteiger partial charge in [-0.3, -0.25) is 4.79 Å². The maximum absolute atomic E-state index is 12.9. The van der Waals surface area contributed by atoms with Gasteiger partial charge in [0.25, 0.3) is 5.91 Å². The van der Waals surface area contributed by atoms with Crippen molar-refractivity contribution in [3.05, 3.63) is 70.4 Å². The van der Waals surface area contributed by atoms with Crippen LogP contribution in [0.25, 0.3) is 10.9 Å². The topological polar surface area (TPSA) is 62.4 Å². The first kappa shape index (κ1) is 16.4. The molecule has 2 aliphatic heterocycles. The summed E-state index contributed by atoms with van der Waals surface area (Å²) in [5, 5.41) is 1.56. The SMILES string of the molecule is O=C1OC2(CCN(C(=O)c3cc4cc(Cl)ccc4[nH]3)CC2)c2ccccc21. The normalized spacial score (nSPS) is 18.0. The highest BCUT2D eigenvalue weighted by atomic mass is 35.5. The number of piperidine rings is 1. The minimum Gasteiger partial charge on any atom is -0.450 e. The van der Waals surface area contributed by atoms with Crippen LogP contribution in [-0.2, 0) is 10.3 Å². The third kappa shape index (κ3) is 2.53. The van der Waals surface area contributed by atoms with Gasteiger partial charge < -0.3 is 14.6 Å². The average molecular weight is 381 g/mol. The Kier molecular flexibility index (Phi) is 3.56. The smallest absolute Gasteiger partial charge is 0.339 e. The number of fused-ring (bicyclic) bond motifs is 3. The molecule has 2 aliphatic rings. The third-order valence-electron chi connectivity index (χ3n) is 5.60. The van der Waals surface area contributed by atoms with E-state index in [4.69, 9.17) is 16.3 Å². The Morgan fingerprint density at radius 2 is 1.89 bits per heavy atom. The zero-order valence-corrected chi connectivity index (χ0v) is 15.3. The van der Waals surface area contributed by atoms with Crippen molar-refractivity contribution in [2.45, 2.75) is 18.4 Å². The first-order valence-corrected chi connectivity index (χ1v) is 9.34. The zero-order chi connectivity index (χ0) is 18.6. The minimum atomic E-state index is -0.599. The monoisotopic (exact) mass is 380 g/mol. The van der Waals surface area contributed by atoms with Gasteiger partial charge in [0.1, 0.15) is 11.3 Å². The van der Waals surface area contributed by atoms with Gasteiger partial charge in [-0.25, -0.2) is 4.79 Å². The maximum atomic E-state index is 12.9. The van der Waals surface area contributed by atoms with Gasteiger partial charge in [0, 0.05) is 47.4 Å². The highest BCUT2D eigenvalue weighted by Gasteiger charge is 2.47. The van der Waals surface area contributed by atoms with Crippen LogP contribution in [0.5, 0.6) is 0 Å². The quantitative estimate of drug-likeness (QED) is 0.646. The van der Waals surface area contributed by atoms with Gasteiger partial charge in [-0.15, -0.1) is 0 Å². The summed E-state index contributed by atoms with van der Waals surface area (Å²) >= 11 is 6.03. The number of halogens is 1. The Morgan fingerprint density at radius 1 is 1.11 bits per heavy atom. The molecule has 2 aromatic carbocycles. The Labute approximate surface area is 160 Å². The first-order chi connectivity index (χ1) is 13.1. The molecule has 1 saturated heterocycles. The number of likely N-dealkylation sites (tertiary alicyclic amines) is 1. The van der Waals surface area contributed by atoms with Gasteiger partial charge in [-0.2, -0.15) is 0 Å². The molecule has 0 unspecified atom stereocenters. The van der Waals surface area contributed by atoms with Crippen molar-refractivity contribution >= 4 is 34.4 Å². The van der Waals surface area contributed by atoms with Crippen LogP contribution in [0.3, 0.4) is 0 Å². The van der Waals surface area contributed by atoms with E-state index in [9.17, 15) is 9.59 Å². The summed E-state index contributed by atoms with van der Waals surface area (Å²) in [5.41, 5.74) is 2.42. The molecule has 1 fully saturated rings. The molecule has 3 aromatic rings. The van der Waals surface area contributed by atoms with Gasteiger partial charge in [0.05, 0.1) is 5.56 Å². The van der Waals surface area contributed by atoms with Crippen LogP contribution in [0.1, 0.15) is 39.3 Å². The van der Waals surface area contributed by atoms with Gasteiger partial charge in [-0.05, 0) is 30.3 Å². The Hall–Kier alpha value is -2.79. The molecular weight excluding hydrogens is 364 g/mol. The lowest BCUT2D eigenvalue weighted by atomic mass is 9.83. The lowest BCUT2D eigenvalue weighted by Crippen LogP contribution is -2.45. The van der Waals surface area contributed by atoms with Crippen molar-refractivity contribution < 1.29 is 14.3 Å². The van der Waals surface area contributed by atoms with E-state index < -0.39 is 5.60 Å². The average Bonchev–Trinajstić information content (AvgIpc) is 3.22. The number of ether oxygens (including phenoxy) is 1. The maximum Gasteiger partial charge on any atom is 0.339 e. The van der Waals surface area contributed by atoms with Crippen LogP contribution in [0.2, 0.25) is 5.02 Å². The molecule has 1 N–H and O–H groups in total. The number of esters is 1. The number of H-pyrrole nitrogens is 1. The molecule has 0 bridgehead atoms. The van der Waals surface area contributed by atoms with Crippen LogP contribution in [0, 0.1) is 0 Å². The van der Waals surface area contributed by atoms with Gasteiger partial charge in [0.15, 0.2) is 0 Å². The predicted octanol–water partition coefficient (Wildman–Crippen LogP) is 4.12. The molecule has 0 aliphatic carbocycles. The summed E-state index contributed by atoms with van der Waals surface area (Å²) < 4.78 is 5.76. The second-order valence-corrected chi connectivity index (χ2v) is 7.57. The zero-order valence-electron chi connectivity index (χ0n) is 14.5. The molecule has 6 heteroatoms. The Bertz CT molecular complexity index is 1080. The fraction of sp³-hybridized carbons (Fsp3) is 0.238. The molecule has 1 aromatic heterocycles. The summed E-state index contributed by atoms with van der Waals surface area (Å²) in [6.45, 7) is 1.08. The molecule has 27 heavy (non-hydrogen) atoms. The van der Waals surface area contributed by atoms with E-state index in [1.54, 1.807) is 12.1 Å².